The first-order valence-corrected chi connectivity index (χ1v) is 12.1. The molecule has 0 amide bonds. The first-order valence-electron chi connectivity index (χ1n) is 12.1. The molecule has 2 aromatic heterocycles. The summed E-state index contributed by atoms with van der Waals surface area (Å²) in [6, 6.07) is 8.47. The zero-order chi connectivity index (χ0) is 24.6. The molecule has 1 N–H and O–H groups in total. The highest BCUT2D eigenvalue weighted by Crippen LogP contribution is 2.38. The number of fused-ring (bicyclic) bond motifs is 1. The lowest BCUT2D eigenvalue weighted by Crippen LogP contribution is -2.40. The fraction of sp³-hybridized carbons (Fsp3) is 0.519. The zero-order valence-corrected chi connectivity index (χ0v) is 20.4. The fourth-order valence-electron chi connectivity index (χ4n) is 5.23. The molecule has 0 bridgehead atoms. The number of nitrogens with one attached hydrogen (secondary N) is 1. The predicted octanol–water partition coefficient (Wildman–Crippen LogP) is 5.79. The van der Waals surface area contributed by atoms with E-state index in [1.807, 2.05) is 24.1 Å². The maximum atomic E-state index is 13.8. The number of halogens is 3. The third-order valence-electron chi connectivity index (χ3n) is 7.12. The van der Waals surface area contributed by atoms with Crippen molar-refractivity contribution in [3.8, 4) is 11.3 Å². The van der Waals surface area contributed by atoms with Crippen LogP contribution in [0.3, 0.4) is 0 Å². The van der Waals surface area contributed by atoms with Crippen LogP contribution in [0.2, 0.25) is 0 Å². The molecular weight excluding hydrogens is 439 g/mol. The minimum Gasteiger partial charge on any atom is -0.354 e. The number of H-pyrrole nitrogens is 1. The van der Waals surface area contributed by atoms with Crippen molar-refractivity contribution in [1.29, 1.82) is 0 Å². The highest BCUT2D eigenvalue weighted by Gasteiger charge is 2.27. The molecule has 7 heteroatoms. The Hall–Kier alpha value is -2.54. The SMILES string of the molecule is Cc1cc(-c2[nH]c3ccc(C4CCN(CC(F)C(F)CF)CC4)cc3c2C(C)C)cn(C)c1=O. The summed E-state index contributed by atoms with van der Waals surface area (Å²) in [6.07, 6.45) is -0.205. The minimum atomic E-state index is -2.03. The highest BCUT2D eigenvalue weighted by atomic mass is 19.2. The molecule has 0 aliphatic carbocycles. The van der Waals surface area contributed by atoms with Crippen LogP contribution in [-0.4, -0.2) is 53.1 Å². The summed E-state index contributed by atoms with van der Waals surface area (Å²) in [6.45, 7) is 6.22. The molecule has 0 saturated carbocycles. The molecule has 1 fully saturated rings. The molecule has 4 rings (SSSR count). The van der Waals surface area contributed by atoms with E-state index in [0.717, 1.165) is 29.6 Å². The first-order chi connectivity index (χ1) is 16.2. The molecule has 1 saturated heterocycles. The summed E-state index contributed by atoms with van der Waals surface area (Å²) in [5.41, 5.74) is 6.29. The lowest BCUT2D eigenvalue weighted by atomic mass is 9.87. The number of hydrogen-bond donors (Lipinski definition) is 1. The molecule has 184 valence electrons. The van der Waals surface area contributed by atoms with E-state index in [-0.39, 0.29) is 18.0 Å². The number of alkyl halides is 3. The second-order valence-corrected chi connectivity index (χ2v) is 9.96. The van der Waals surface area contributed by atoms with Crippen LogP contribution in [0.4, 0.5) is 13.2 Å². The Kier molecular flexibility index (Phi) is 7.22. The Morgan fingerprint density at radius 3 is 2.44 bits per heavy atom. The van der Waals surface area contributed by atoms with Gasteiger partial charge in [0.15, 0.2) is 6.17 Å². The molecule has 1 aromatic carbocycles. The van der Waals surface area contributed by atoms with Crippen molar-refractivity contribution in [3.05, 3.63) is 57.5 Å². The third kappa shape index (κ3) is 4.81. The topological polar surface area (TPSA) is 41.0 Å². The van der Waals surface area contributed by atoms with Gasteiger partial charge in [0, 0.05) is 41.8 Å². The van der Waals surface area contributed by atoms with Crippen LogP contribution in [-0.2, 0) is 7.05 Å². The van der Waals surface area contributed by atoms with Gasteiger partial charge in [-0.2, -0.15) is 0 Å². The fourth-order valence-corrected chi connectivity index (χ4v) is 5.23. The van der Waals surface area contributed by atoms with E-state index in [0.29, 0.717) is 24.6 Å². The van der Waals surface area contributed by atoms with Crippen LogP contribution in [0.1, 0.15) is 55.2 Å². The number of aromatic nitrogens is 2. The Morgan fingerprint density at radius 1 is 1.12 bits per heavy atom. The van der Waals surface area contributed by atoms with Crippen LogP contribution >= 0.6 is 0 Å². The second-order valence-electron chi connectivity index (χ2n) is 9.96. The van der Waals surface area contributed by atoms with Gasteiger partial charge in [0.2, 0.25) is 0 Å². The van der Waals surface area contributed by atoms with Gasteiger partial charge in [-0.3, -0.25) is 4.79 Å². The van der Waals surface area contributed by atoms with Crippen molar-refractivity contribution in [3.63, 3.8) is 0 Å². The summed E-state index contributed by atoms with van der Waals surface area (Å²) in [5.74, 6) is 0.628. The number of benzene rings is 1. The van der Waals surface area contributed by atoms with Crippen molar-refractivity contribution in [1.82, 2.24) is 14.5 Å². The molecule has 34 heavy (non-hydrogen) atoms. The zero-order valence-electron chi connectivity index (χ0n) is 20.4. The second kappa shape index (κ2) is 9.98. The number of aryl methyl sites for hydroxylation is 2. The summed E-state index contributed by atoms with van der Waals surface area (Å²) in [7, 11) is 1.78. The normalized spacial score (nSPS) is 17.5. The van der Waals surface area contributed by atoms with E-state index in [1.165, 1.54) is 16.5 Å². The van der Waals surface area contributed by atoms with E-state index in [1.54, 1.807) is 11.6 Å². The molecule has 0 radical (unpaired) electrons. The number of piperidine rings is 1. The lowest BCUT2D eigenvalue weighted by molar-refractivity contribution is 0.0851. The van der Waals surface area contributed by atoms with Gasteiger partial charge in [0.05, 0.1) is 5.69 Å². The standard InChI is InChI=1S/C27H34F3N3O/c1-16(2)25-21-12-19(18-7-9-33(10-8-18)15-23(30)22(29)13-28)5-6-24(21)31-26(25)20-11-17(3)27(34)32(4)14-20/h5-6,11-12,14,16,18,22-23,31H,7-10,13,15H2,1-4H3. The molecule has 1 aliphatic rings. The van der Waals surface area contributed by atoms with E-state index in [4.69, 9.17) is 0 Å². The molecular formula is C27H34F3N3O. The Balaban J connectivity index is 1.60. The molecule has 2 unspecified atom stereocenters. The Bertz CT molecular complexity index is 1180. The van der Waals surface area contributed by atoms with Gasteiger partial charge in [-0.1, -0.05) is 19.9 Å². The summed E-state index contributed by atoms with van der Waals surface area (Å²) < 4.78 is 41.1. The average Bonchev–Trinajstić information content (AvgIpc) is 3.21. The maximum absolute atomic E-state index is 13.8. The summed E-state index contributed by atoms with van der Waals surface area (Å²) >= 11 is 0. The quantitative estimate of drug-likeness (QED) is 0.472. The third-order valence-corrected chi connectivity index (χ3v) is 7.12. The van der Waals surface area contributed by atoms with Gasteiger partial charge in [0.1, 0.15) is 12.8 Å². The number of pyridine rings is 1. The van der Waals surface area contributed by atoms with E-state index in [9.17, 15) is 18.0 Å². The molecule has 2 atom stereocenters. The van der Waals surface area contributed by atoms with E-state index < -0.39 is 19.0 Å². The van der Waals surface area contributed by atoms with Crippen molar-refractivity contribution in [2.24, 2.45) is 7.05 Å². The van der Waals surface area contributed by atoms with Gasteiger partial charge in [0.25, 0.3) is 5.56 Å². The molecule has 4 nitrogen and oxygen atoms in total. The molecule has 3 heterocycles. The largest absolute Gasteiger partial charge is 0.354 e. The van der Waals surface area contributed by atoms with Gasteiger partial charge in [-0.25, -0.2) is 13.2 Å². The van der Waals surface area contributed by atoms with Crippen LogP contribution < -0.4 is 5.56 Å². The Labute approximate surface area is 198 Å². The predicted molar refractivity (Wildman–Crippen MR) is 132 cm³/mol. The van der Waals surface area contributed by atoms with Crippen molar-refractivity contribution in [2.45, 2.75) is 57.8 Å². The maximum Gasteiger partial charge on any atom is 0.253 e. The highest BCUT2D eigenvalue weighted by molar-refractivity contribution is 5.92. The number of aromatic amines is 1. The van der Waals surface area contributed by atoms with Crippen molar-refractivity contribution < 1.29 is 13.2 Å². The van der Waals surface area contributed by atoms with Crippen LogP contribution in [0.5, 0.6) is 0 Å². The van der Waals surface area contributed by atoms with Crippen LogP contribution in [0, 0.1) is 6.92 Å². The average molecular weight is 474 g/mol. The van der Waals surface area contributed by atoms with Gasteiger partial charge < -0.3 is 14.5 Å². The lowest BCUT2D eigenvalue weighted by Gasteiger charge is -2.33. The molecule has 0 spiro atoms. The number of nitrogens with zero attached hydrogens (tertiary/aromatic N) is 2. The summed E-state index contributed by atoms with van der Waals surface area (Å²) in [4.78, 5) is 17.7. The number of likely N-dealkylation sites (tertiary alicyclic amines) is 1. The van der Waals surface area contributed by atoms with E-state index >= 15 is 0 Å². The summed E-state index contributed by atoms with van der Waals surface area (Å²) in [5, 5.41) is 1.18. The number of hydrogen-bond acceptors (Lipinski definition) is 2. The monoisotopic (exact) mass is 473 g/mol. The number of rotatable bonds is 7. The van der Waals surface area contributed by atoms with Crippen LogP contribution in [0.25, 0.3) is 22.2 Å². The van der Waals surface area contributed by atoms with E-state index in [2.05, 4.69) is 37.0 Å². The smallest absolute Gasteiger partial charge is 0.253 e. The van der Waals surface area contributed by atoms with Crippen molar-refractivity contribution >= 4 is 10.9 Å². The minimum absolute atomic E-state index is 0.00500. The van der Waals surface area contributed by atoms with Crippen molar-refractivity contribution in [2.75, 3.05) is 26.3 Å². The molecule has 1 aliphatic heterocycles. The first kappa shape index (κ1) is 24.6. The van der Waals surface area contributed by atoms with Gasteiger partial charge in [-0.15, -0.1) is 0 Å². The molecule has 3 aromatic rings. The van der Waals surface area contributed by atoms with Gasteiger partial charge in [-0.05, 0) is 74.0 Å². The van der Waals surface area contributed by atoms with Crippen LogP contribution in [0.15, 0.2) is 35.3 Å². The van der Waals surface area contributed by atoms with Gasteiger partial charge >= 0.3 is 0 Å². The Morgan fingerprint density at radius 2 is 1.82 bits per heavy atom.